The van der Waals surface area contributed by atoms with Gasteiger partial charge in [-0.25, -0.2) is 8.42 Å². The molecular formula is C11H14ClN5O2S. The highest BCUT2D eigenvalue weighted by atomic mass is 35.5. The summed E-state index contributed by atoms with van der Waals surface area (Å²) in [6, 6.07) is 4.98. The van der Waals surface area contributed by atoms with Crippen molar-refractivity contribution in [2.24, 2.45) is 7.05 Å². The molecule has 1 aromatic carbocycles. The minimum atomic E-state index is -3.34. The Bertz CT molecular complexity index is 713. The van der Waals surface area contributed by atoms with Crippen LogP contribution in [0.2, 0.25) is 5.02 Å². The Labute approximate surface area is 122 Å². The van der Waals surface area contributed by atoms with E-state index in [1.165, 1.54) is 0 Å². The van der Waals surface area contributed by atoms with Crippen molar-refractivity contribution in [2.45, 2.75) is 6.54 Å². The molecule has 2 N–H and O–H groups in total. The molecule has 1 heterocycles. The van der Waals surface area contributed by atoms with Crippen LogP contribution in [0.15, 0.2) is 24.4 Å². The number of hydrogen-bond donors (Lipinski definition) is 2. The Morgan fingerprint density at radius 1 is 1.40 bits per heavy atom. The fourth-order valence-corrected chi connectivity index (χ4v) is 2.44. The molecule has 0 fully saturated rings. The number of rotatable bonds is 5. The van der Waals surface area contributed by atoms with E-state index in [1.54, 1.807) is 36.1 Å². The summed E-state index contributed by atoms with van der Waals surface area (Å²) < 4.78 is 26.3. The number of nitrogens with one attached hydrogen (secondary N) is 2. The number of benzene rings is 1. The van der Waals surface area contributed by atoms with Crippen LogP contribution in [0.4, 0.5) is 11.4 Å². The highest BCUT2D eigenvalue weighted by molar-refractivity contribution is 7.92. The Morgan fingerprint density at radius 2 is 2.15 bits per heavy atom. The lowest BCUT2D eigenvalue weighted by atomic mass is 10.3. The number of aryl methyl sites for hydroxylation is 1. The maximum Gasteiger partial charge on any atom is 0.229 e. The quantitative estimate of drug-likeness (QED) is 0.872. The molecule has 0 spiro atoms. The Hall–Kier alpha value is -1.80. The lowest BCUT2D eigenvalue weighted by Gasteiger charge is -2.09. The van der Waals surface area contributed by atoms with E-state index in [9.17, 15) is 8.42 Å². The second-order valence-corrected chi connectivity index (χ2v) is 6.46. The molecule has 0 amide bonds. The monoisotopic (exact) mass is 315 g/mol. The topological polar surface area (TPSA) is 88.9 Å². The Morgan fingerprint density at radius 3 is 2.70 bits per heavy atom. The molecule has 0 saturated heterocycles. The molecule has 0 bridgehead atoms. The highest BCUT2D eigenvalue weighted by Gasteiger charge is 2.07. The largest absolute Gasteiger partial charge is 0.379 e. The first-order valence-electron chi connectivity index (χ1n) is 5.70. The molecule has 1 aromatic heterocycles. The van der Waals surface area contributed by atoms with Crippen LogP contribution in [0.1, 0.15) is 5.69 Å². The third kappa shape index (κ3) is 4.10. The van der Waals surface area contributed by atoms with E-state index < -0.39 is 10.0 Å². The lowest BCUT2D eigenvalue weighted by Crippen LogP contribution is -2.10. The van der Waals surface area contributed by atoms with E-state index in [1.807, 2.05) is 0 Å². The van der Waals surface area contributed by atoms with E-state index in [0.29, 0.717) is 17.3 Å². The molecule has 0 atom stereocenters. The van der Waals surface area contributed by atoms with Gasteiger partial charge < -0.3 is 5.32 Å². The maximum absolute atomic E-state index is 11.1. The summed E-state index contributed by atoms with van der Waals surface area (Å²) in [5.41, 5.74) is 1.90. The molecule has 2 rings (SSSR count). The van der Waals surface area contributed by atoms with Crippen molar-refractivity contribution in [3.63, 3.8) is 0 Å². The summed E-state index contributed by atoms with van der Waals surface area (Å²) in [5.74, 6) is 0. The average Bonchev–Trinajstić information content (AvgIpc) is 2.74. The van der Waals surface area contributed by atoms with Crippen LogP contribution < -0.4 is 10.0 Å². The molecule has 7 nitrogen and oxygen atoms in total. The van der Waals surface area contributed by atoms with Gasteiger partial charge in [-0.2, -0.15) is 0 Å². The van der Waals surface area contributed by atoms with Crippen LogP contribution >= 0.6 is 11.6 Å². The van der Waals surface area contributed by atoms with Crippen LogP contribution in [-0.2, 0) is 23.6 Å². The van der Waals surface area contributed by atoms with E-state index in [0.717, 1.165) is 17.6 Å². The van der Waals surface area contributed by atoms with E-state index in [2.05, 4.69) is 20.4 Å². The average molecular weight is 316 g/mol. The molecular weight excluding hydrogens is 302 g/mol. The molecule has 0 aliphatic rings. The van der Waals surface area contributed by atoms with Crippen molar-refractivity contribution in [2.75, 3.05) is 16.3 Å². The van der Waals surface area contributed by atoms with E-state index in [-0.39, 0.29) is 0 Å². The molecule has 0 aliphatic heterocycles. The molecule has 0 unspecified atom stereocenters. The zero-order chi connectivity index (χ0) is 14.8. The van der Waals surface area contributed by atoms with Crippen molar-refractivity contribution in [1.29, 1.82) is 0 Å². The normalized spacial score (nSPS) is 11.3. The number of halogens is 1. The van der Waals surface area contributed by atoms with Gasteiger partial charge in [0.2, 0.25) is 10.0 Å². The second-order valence-electron chi connectivity index (χ2n) is 4.31. The standard InChI is InChI=1S/C11H14ClN5O2S/c1-17-7-9(14-16-17)6-13-8-3-4-11(10(12)5-8)15-20(2,18)19/h3-5,7,13,15H,6H2,1-2H3. The lowest BCUT2D eigenvalue weighted by molar-refractivity contribution is 0.607. The Balaban J connectivity index is 2.05. The van der Waals surface area contributed by atoms with Gasteiger partial charge in [0.15, 0.2) is 0 Å². The fraction of sp³-hybridized carbons (Fsp3) is 0.273. The van der Waals surface area contributed by atoms with Gasteiger partial charge in [-0.3, -0.25) is 9.40 Å². The number of hydrogen-bond acceptors (Lipinski definition) is 5. The zero-order valence-corrected chi connectivity index (χ0v) is 12.5. The predicted molar refractivity (Wildman–Crippen MR) is 78.2 cm³/mol. The van der Waals surface area contributed by atoms with Gasteiger partial charge in [-0.05, 0) is 18.2 Å². The summed E-state index contributed by atoms with van der Waals surface area (Å²) in [6.07, 6.45) is 2.87. The van der Waals surface area contributed by atoms with Gasteiger partial charge in [0, 0.05) is 18.9 Å². The summed E-state index contributed by atoms with van der Waals surface area (Å²) in [5, 5.41) is 11.2. The van der Waals surface area contributed by atoms with E-state index in [4.69, 9.17) is 11.6 Å². The number of sulfonamides is 1. The Kier molecular flexibility index (Phi) is 4.15. The van der Waals surface area contributed by atoms with Crippen LogP contribution in [0.25, 0.3) is 0 Å². The maximum atomic E-state index is 11.1. The summed E-state index contributed by atoms with van der Waals surface area (Å²) >= 11 is 6.02. The van der Waals surface area contributed by atoms with Gasteiger partial charge in [0.05, 0.1) is 23.5 Å². The summed E-state index contributed by atoms with van der Waals surface area (Å²) in [7, 11) is -1.55. The molecule has 0 aliphatic carbocycles. The SMILES string of the molecule is Cn1cc(CNc2ccc(NS(C)(=O)=O)c(Cl)c2)nn1. The summed E-state index contributed by atoms with van der Waals surface area (Å²) in [4.78, 5) is 0. The van der Waals surface area contributed by atoms with Crippen LogP contribution in [0.5, 0.6) is 0 Å². The summed E-state index contributed by atoms with van der Waals surface area (Å²) in [6.45, 7) is 0.503. The molecule has 0 saturated carbocycles. The van der Waals surface area contributed by atoms with Gasteiger partial charge in [0.25, 0.3) is 0 Å². The van der Waals surface area contributed by atoms with E-state index >= 15 is 0 Å². The van der Waals surface area contributed by atoms with Crippen molar-refractivity contribution in [3.8, 4) is 0 Å². The minimum Gasteiger partial charge on any atom is -0.379 e. The predicted octanol–water partition coefficient (Wildman–Crippen LogP) is 1.45. The van der Waals surface area contributed by atoms with Crippen LogP contribution in [0.3, 0.4) is 0 Å². The number of anilines is 2. The minimum absolute atomic E-state index is 0.319. The fourth-order valence-electron chi connectivity index (χ4n) is 1.58. The number of aromatic nitrogens is 3. The molecule has 108 valence electrons. The van der Waals surface area contributed by atoms with Crippen molar-refractivity contribution in [3.05, 3.63) is 35.1 Å². The molecule has 9 heteroatoms. The smallest absolute Gasteiger partial charge is 0.229 e. The second kappa shape index (κ2) is 5.68. The van der Waals surface area contributed by atoms with Crippen molar-refractivity contribution in [1.82, 2.24) is 15.0 Å². The van der Waals surface area contributed by atoms with Gasteiger partial charge in [-0.1, -0.05) is 16.8 Å². The first kappa shape index (κ1) is 14.6. The third-order valence-corrected chi connectivity index (χ3v) is 3.29. The van der Waals surface area contributed by atoms with Crippen molar-refractivity contribution >= 4 is 33.0 Å². The molecule has 2 aromatic rings. The van der Waals surface area contributed by atoms with Gasteiger partial charge >= 0.3 is 0 Å². The first-order chi connectivity index (χ1) is 9.33. The highest BCUT2D eigenvalue weighted by Crippen LogP contribution is 2.26. The van der Waals surface area contributed by atoms with Crippen molar-refractivity contribution < 1.29 is 8.42 Å². The first-order valence-corrected chi connectivity index (χ1v) is 7.97. The molecule has 0 radical (unpaired) electrons. The van der Waals surface area contributed by atoms with Crippen LogP contribution in [0, 0.1) is 0 Å². The van der Waals surface area contributed by atoms with Gasteiger partial charge in [0.1, 0.15) is 5.69 Å². The van der Waals surface area contributed by atoms with Crippen LogP contribution in [-0.4, -0.2) is 29.7 Å². The van der Waals surface area contributed by atoms with Gasteiger partial charge in [-0.15, -0.1) is 5.10 Å². The third-order valence-electron chi connectivity index (χ3n) is 2.39. The number of nitrogens with zero attached hydrogens (tertiary/aromatic N) is 3. The molecule has 20 heavy (non-hydrogen) atoms. The zero-order valence-electron chi connectivity index (χ0n) is 11.0.